The number of nitrogens with zero attached hydrogens (tertiary/aromatic N) is 1. The summed E-state index contributed by atoms with van der Waals surface area (Å²) in [7, 11) is 0. The van der Waals surface area contributed by atoms with Gasteiger partial charge in [-0.05, 0) is 18.2 Å². The van der Waals surface area contributed by atoms with Crippen molar-refractivity contribution in [3.8, 4) is 11.3 Å². The molecule has 1 aromatic heterocycles. The minimum Gasteiger partial charge on any atom is -0.381 e. The molecule has 2 N–H and O–H groups in total. The maximum atomic E-state index is 12.8. The van der Waals surface area contributed by atoms with Crippen molar-refractivity contribution in [2.45, 2.75) is 0 Å². The molecule has 0 saturated carbocycles. The molecule has 2 aromatic rings. The molecule has 0 amide bonds. The first-order chi connectivity index (χ1) is 7.20. The third-order valence-corrected chi connectivity index (χ3v) is 1.93. The van der Waals surface area contributed by atoms with Crippen molar-refractivity contribution >= 4 is 12.1 Å². The minimum absolute atomic E-state index is 0.200. The average Bonchev–Trinajstić information content (AvgIpc) is 2.64. The number of nitrogen functional groups attached to an aromatic ring is 1. The van der Waals surface area contributed by atoms with Crippen molar-refractivity contribution in [3.63, 3.8) is 0 Å². The van der Waals surface area contributed by atoms with E-state index in [0.29, 0.717) is 17.6 Å². The van der Waals surface area contributed by atoms with Crippen LogP contribution in [0.2, 0.25) is 0 Å². The van der Waals surface area contributed by atoms with E-state index >= 15 is 0 Å². The Bertz CT molecular complexity index is 508. The zero-order valence-electron chi connectivity index (χ0n) is 7.61. The Balaban J connectivity index is 2.57. The third-order valence-electron chi connectivity index (χ3n) is 1.93. The number of aldehydes is 1. The SMILES string of the molecule is Nc1cc(-c2ccc(F)cc2C=O)on1. The second-order valence-corrected chi connectivity index (χ2v) is 2.97. The van der Waals surface area contributed by atoms with Crippen LogP contribution in [0.1, 0.15) is 10.4 Å². The third kappa shape index (κ3) is 1.71. The number of anilines is 1. The van der Waals surface area contributed by atoms with Crippen molar-refractivity contribution in [2.75, 3.05) is 5.73 Å². The average molecular weight is 206 g/mol. The van der Waals surface area contributed by atoms with Gasteiger partial charge in [-0.25, -0.2) is 4.39 Å². The predicted molar refractivity (Wildman–Crippen MR) is 51.7 cm³/mol. The van der Waals surface area contributed by atoms with Gasteiger partial charge in [0, 0.05) is 17.2 Å². The Hall–Kier alpha value is -2.17. The lowest BCUT2D eigenvalue weighted by molar-refractivity contribution is 0.112. The van der Waals surface area contributed by atoms with Crippen LogP contribution in [0.3, 0.4) is 0 Å². The summed E-state index contributed by atoms with van der Waals surface area (Å²) in [5.74, 6) is 0.0779. The van der Waals surface area contributed by atoms with Crippen LogP contribution in [-0.2, 0) is 0 Å². The standard InChI is InChI=1S/C10H7FN2O2/c11-7-1-2-8(6(3-7)5-14)9-4-10(12)13-15-9/h1-5H,(H2,12,13). The summed E-state index contributed by atoms with van der Waals surface area (Å²) in [6.45, 7) is 0. The number of benzene rings is 1. The fraction of sp³-hybridized carbons (Fsp3) is 0. The van der Waals surface area contributed by atoms with Crippen molar-refractivity contribution in [3.05, 3.63) is 35.6 Å². The largest absolute Gasteiger partial charge is 0.381 e. The van der Waals surface area contributed by atoms with Crippen LogP contribution in [0.5, 0.6) is 0 Å². The van der Waals surface area contributed by atoms with Crippen molar-refractivity contribution < 1.29 is 13.7 Å². The highest BCUT2D eigenvalue weighted by atomic mass is 19.1. The van der Waals surface area contributed by atoms with Gasteiger partial charge in [0.25, 0.3) is 0 Å². The van der Waals surface area contributed by atoms with Crippen LogP contribution in [0, 0.1) is 5.82 Å². The Morgan fingerprint density at radius 2 is 2.20 bits per heavy atom. The molecule has 0 radical (unpaired) electrons. The number of halogens is 1. The maximum absolute atomic E-state index is 12.8. The normalized spacial score (nSPS) is 10.2. The quantitative estimate of drug-likeness (QED) is 0.761. The molecule has 1 heterocycles. The first-order valence-electron chi connectivity index (χ1n) is 4.18. The summed E-state index contributed by atoms with van der Waals surface area (Å²) in [6.07, 6.45) is 0.553. The van der Waals surface area contributed by atoms with Crippen LogP contribution < -0.4 is 5.73 Å². The Kier molecular flexibility index (Phi) is 2.21. The number of carbonyl (C=O) groups is 1. The second kappa shape index (κ2) is 3.53. The van der Waals surface area contributed by atoms with Gasteiger partial charge in [0.2, 0.25) is 0 Å². The molecule has 4 nitrogen and oxygen atoms in total. The van der Waals surface area contributed by atoms with Gasteiger partial charge in [0.1, 0.15) is 5.82 Å². The van der Waals surface area contributed by atoms with Gasteiger partial charge >= 0.3 is 0 Å². The lowest BCUT2D eigenvalue weighted by atomic mass is 10.1. The number of nitrogens with two attached hydrogens (primary N) is 1. The Morgan fingerprint density at radius 1 is 1.40 bits per heavy atom. The second-order valence-electron chi connectivity index (χ2n) is 2.97. The van der Waals surface area contributed by atoms with Gasteiger partial charge in [-0.3, -0.25) is 4.79 Å². The molecule has 0 aliphatic rings. The van der Waals surface area contributed by atoms with E-state index in [-0.39, 0.29) is 11.4 Å². The molecule has 0 spiro atoms. The van der Waals surface area contributed by atoms with E-state index in [1.165, 1.54) is 18.2 Å². The van der Waals surface area contributed by atoms with E-state index in [0.717, 1.165) is 6.07 Å². The van der Waals surface area contributed by atoms with E-state index in [1.54, 1.807) is 0 Å². The van der Waals surface area contributed by atoms with Crippen molar-refractivity contribution in [1.82, 2.24) is 5.16 Å². The molecular weight excluding hydrogens is 199 g/mol. The zero-order chi connectivity index (χ0) is 10.8. The summed E-state index contributed by atoms with van der Waals surface area (Å²) in [6, 6.07) is 5.28. The topological polar surface area (TPSA) is 69.1 Å². The van der Waals surface area contributed by atoms with E-state index in [9.17, 15) is 9.18 Å². The van der Waals surface area contributed by atoms with Gasteiger partial charge in [-0.2, -0.15) is 0 Å². The number of hydrogen-bond acceptors (Lipinski definition) is 4. The van der Waals surface area contributed by atoms with Gasteiger partial charge in [0.05, 0.1) is 0 Å². The van der Waals surface area contributed by atoms with Crippen molar-refractivity contribution in [1.29, 1.82) is 0 Å². The molecule has 2 rings (SSSR count). The number of hydrogen-bond donors (Lipinski definition) is 1. The summed E-state index contributed by atoms with van der Waals surface area (Å²) in [5, 5.41) is 3.48. The van der Waals surface area contributed by atoms with E-state index in [2.05, 4.69) is 5.16 Å². The fourth-order valence-electron chi connectivity index (χ4n) is 1.27. The molecule has 0 unspecified atom stereocenters. The highest BCUT2D eigenvalue weighted by molar-refractivity contribution is 5.86. The van der Waals surface area contributed by atoms with Crippen LogP contribution in [-0.4, -0.2) is 11.4 Å². The summed E-state index contributed by atoms with van der Waals surface area (Å²) in [5.41, 5.74) is 6.04. The molecule has 5 heteroatoms. The van der Waals surface area contributed by atoms with Crippen LogP contribution in [0.25, 0.3) is 11.3 Å². The van der Waals surface area contributed by atoms with Crippen LogP contribution >= 0.6 is 0 Å². The summed E-state index contributed by atoms with van der Waals surface area (Å²) >= 11 is 0. The molecule has 0 saturated heterocycles. The molecule has 15 heavy (non-hydrogen) atoms. The van der Waals surface area contributed by atoms with Gasteiger partial charge in [0.15, 0.2) is 17.9 Å². The van der Waals surface area contributed by atoms with Gasteiger partial charge in [-0.1, -0.05) is 5.16 Å². The smallest absolute Gasteiger partial charge is 0.169 e. The zero-order valence-corrected chi connectivity index (χ0v) is 7.61. The monoisotopic (exact) mass is 206 g/mol. The van der Waals surface area contributed by atoms with E-state index in [4.69, 9.17) is 10.3 Å². The summed E-state index contributed by atoms with van der Waals surface area (Å²) < 4.78 is 17.7. The molecular formula is C10H7FN2O2. The van der Waals surface area contributed by atoms with Gasteiger partial charge < -0.3 is 10.3 Å². The van der Waals surface area contributed by atoms with Crippen molar-refractivity contribution in [2.24, 2.45) is 0 Å². The molecule has 76 valence electrons. The number of rotatable bonds is 2. The van der Waals surface area contributed by atoms with Gasteiger partial charge in [-0.15, -0.1) is 0 Å². The molecule has 0 aliphatic heterocycles. The summed E-state index contributed by atoms with van der Waals surface area (Å²) in [4.78, 5) is 10.7. The predicted octanol–water partition coefficient (Wildman–Crippen LogP) is 1.88. The first kappa shape index (κ1) is 9.39. The molecule has 1 aromatic carbocycles. The molecule has 0 atom stereocenters. The highest BCUT2D eigenvalue weighted by Gasteiger charge is 2.10. The highest BCUT2D eigenvalue weighted by Crippen LogP contribution is 2.24. The van der Waals surface area contributed by atoms with E-state index in [1.807, 2.05) is 0 Å². The Labute approximate surface area is 84.5 Å². The lowest BCUT2D eigenvalue weighted by Gasteiger charge is -1.99. The van der Waals surface area contributed by atoms with E-state index < -0.39 is 5.82 Å². The maximum Gasteiger partial charge on any atom is 0.169 e. The fourth-order valence-corrected chi connectivity index (χ4v) is 1.27. The number of aromatic nitrogens is 1. The molecule has 0 aliphatic carbocycles. The Morgan fingerprint density at radius 3 is 2.80 bits per heavy atom. The van der Waals surface area contributed by atoms with Crippen LogP contribution in [0.15, 0.2) is 28.8 Å². The molecule has 0 bridgehead atoms. The number of carbonyl (C=O) groups excluding carboxylic acids is 1. The first-order valence-corrected chi connectivity index (χ1v) is 4.18. The lowest BCUT2D eigenvalue weighted by Crippen LogP contribution is -1.88. The van der Waals surface area contributed by atoms with Crippen LogP contribution in [0.4, 0.5) is 10.2 Å². The minimum atomic E-state index is -0.478. The molecule has 0 fully saturated rings.